The first-order chi connectivity index (χ1) is 45.2. The first-order valence-electron chi connectivity index (χ1n) is 35.8. The minimum Gasteiger partial charge on any atom is -0.356 e. The average Bonchev–Trinajstić information content (AvgIpc) is 1.97. The van der Waals surface area contributed by atoms with Gasteiger partial charge in [0.15, 0.2) is 5.78 Å². The second-order valence-electron chi connectivity index (χ2n) is 24.6. The van der Waals surface area contributed by atoms with E-state index in [1.807, 2.05) is 34.6 Å². The molecule has 0 rings (SSSR count). The highest BCUT2D eigenvalue weighted by molar-refractivity contribution is 5.99. The van der Waals surface area contributed by atoms with Crippen molar-refractivity contribution in [2.24, 2.45) is 41.1 Å². The van der Waals surface area contributed by atoms with Crippen LogP contribution in [0.4, 0.5) is 0 Å². The Morgan fingerprint density at radius 1 is 0.309 bits per heavy atom. The van der Waals surface area contributed by atoms with Gasteiger partial charge in [-0.25, -0.2) is 0 Å². The summed E-state index contributed by atoms with van der Waals surface area (Å²) in [5.41, 5.74) is 11.2. The van der Waals surface area contributed by atoms with E-state index in [0.717, 1.165) is 90.6 Å². The fourth-order valence-corrected chi connectivity index (χ4v) is 10.8. The van der Waals surface area contributed by atoms with Crippen LogP contribution in [0.2, 0.25) is 0 Å². The molecule has 0 bridgehead atoms. The van der Waals surface area contributed by atoms with E-state index < -0.39 is 151 Å². The van der Waals surface area contributed by atoms with Crippen molar-refractivity contribution in [3.8, 4) is 0 Å². The van der Waals surface area contributed by atoms with Gasteiger partial charge in [-0.1, -0.05) is 100 Å². The van der Waals surface area contributed by atoms with E-state index in [4.69, 9.17) is 11.5 Å². The van der Waals surface area contributed by atoms with E-state index in [-0.39, 0.29) is 44.9 Å². The Morgan fingerprint density at radius 2 is 0.660 bits per heavy atom. The third kappa shape index (κ3) is 44.0. The monoisotopic (exact) mass is 1330 g/mol. The van der Waals surface area contributed by atoms with Crippen molar-refractivity contribution in [1.82, 2.24) is 63.0 Å². The molecule has 0 radical (unpaired) electrons. The lowest BCUT2D eigenvalue weighted by molar-refractivity contribution is -0.138. The maximum Gasteiger partial charge on any atom is 0.224 e. The normalized spacial score (nSPS) is 13.2. The predicted octanol–water partition coefficient (Wildman–Crippen LogP) is 2.47. The van der Waals surface area contributed by atoms with Gasteiger partial charge in [0, 0.05) is 155 Å². The molecule has 0 aromatic carbocycles. The van der Waals surface area contributed by atoms with Gasteiger partial charge in [0.25, 0.3) is 0 Å². The SMILES string of the molecule is CCCCCCNC(=O)CC(NC(=O)CC(CC(=O)C(CC(=O)CC(CC)C(=O)NCCCN(CC)CC)CC(=O)NCCCN(CC)CC)C(=O)NCCCCCC)C(=O)CC(CC(=O)CC(CC(=O)NCCNCCN)C(=O)NCCCC)C(=O)NCCNCCN. The number of ketones is 4. The van der Waals surface area contributed by atoms with Crippen molar-refractivity contribution in [3.63, 3.8) is 0 Å². The minimum atomic E-state index is -1.60. The largest absolute Gasteiger partial charge is 0.356 e. The summed E-state index contributed by atoms with van der Waals surface area (Å²) in [6.45, 7) is 25.2. The number of hydrogen-bond acceptors (Lipinski definition) is 18. The highest BCUT2D eigenvalue weighted by atomic mass is 16.2. The molecule has 6 atom stereocenters. The van der Waals surface area contributed by atoms with Crippen LogP contribution in [0.3, 0.4) is 0 Å². The second kappa shape index (κ2) is 57.4. The van der Waals surface area contributed by atoms with E-state index in [0.29, 0.717) is 91.0 Å². The molecule has 26 nitrogen and oxygen atoms in total. The van der Waals surface area contributed by atoms with E-state index in [2.05, 4.69) is 76.8 Å². The van der Waals surface area contributed by atoms with Crippen molar-refractivity contribution >= 4 is 70.4 Å². The number of nitrogens with zero attached hydrogens (tertiary/aromatic N) is 2. The van der Waals surface area contributed by atoms with E-state index >= 15 is 0 Å². The number of amides is 8. The topological polar surface area (TPSA) is 384 Å². The van der Waals surface area contributed by atoms with Gasteiger partial charge in [0.1, 0.15) is 17.3 Å². The van der Waals surface area contributed by atoms with Gasteiger partial charge in [-0.3, -0.25) is 57.5 Å². The van der Waals surface area contributed by atoms with Gasteiger partial charge in [-0.05, 0) is 77.8 Å². The molecule has 14 N–H and O–H groups in total. The molecule has 0 fully saturated rings. The smallest absolute Gasteiger partial charge is 0.224 e. The maximum atomic E-state index is 14.8. The highest BCUT2D eigenvalue weighted by Gasteiger charge is 2.36. The molecule has 0 aliphatic carbocycles. The summed E-state index contributed by atoms with van der Waals surface area (Å²) >= 11 is 0. The number of carbonyl (C=O) groups excluding carboxylic acids is 12. The molecular formula is C68H128N14O12. The summed E-state index contributed by atoms with van der Waals surface area (Å²) in [6, 6.07) is -1.60. The number of rotatable bonds is 63. The van der Waals surface area contributed by atoms with Gasteiger partial charge in [0.2, 0.25) is 47.3 Å². The van der Waals surface area contributed by atoms with Crippen molar-refractivity contribution in [1.29, 1.82) is 0 Å². The quantitative estimate of drug-likeness (QED) is 0.0389. The third-order valence-electron chi connectivity index (χ3n) is 16.7. The number of hydrogen-bond donors (Lipinski definition) is 12. The Balaban J connectivity index is 7.37. The Labute approximate surface area is 563 Å². The maximum absolute atomic E-state index is 14.8. The molecule has 0 aromatic rings. The zero-order chi connectivity index (χ0) is 70.3. The third-order valence-corrected chi connectivity index (χ3v) is 16.7. The molecule has 0 saturated heterocycles. The van der Waals surface area contributed by atoms with E-state index in [1.54, 1.807) is 6.92 Å². The standard InChI is InChI=1S/C68H128N14O12/c1-9-17-20-22-29-73-63(89)50-58(60(86)46-53(66(92)79-38-36-72-34-27-70)43-57(84)44-54(67(93)76-28-19-11-3)48-62(88)75-37-35-71-33-26-69)80-64(90)49-55(68(94)77-30-23-21-18-10-2)45-59(85)52(47-61(87)74-31-24-39-81(13-5)14-6)42-56(83)41-51(12-4)65(91)78-32-25-40-82(15-7)16-8/h51-55,58,71-72H,9-50,69-70H2,1-8H3,(H,73,89)(H,74,87)(H,75,88)(H,76,93)(H,77,94)(H,78,91)(H,79,92)(H,80,90). The number of nitrogens with two attached hydrogens (primary N) is 2. The average molecular weight is 1330 g/mol. The van der Waals surface area contributed by atoms with Crippen LogP contribution < -0.4 is 64.6 Å². The molecule has 0 aliphatic heterocycles. The van der Waals surface area contributed by atoms with Crippen LogP contribution in [0.25, 0.3) is 0 Å². The molecule has 0 aromatic heterocycles. The Morgan fingerprint density at radius 3 is 1.14 bits per heavy atom. The van der Waals surface area contributed by atoms with Crippen LogP contribution in [-0.2, 0) is 57.5 Å². The van der Waals surface area contributed by atoms with Crippen LogP contribution >= 0.6 is 0 Å². The summed E-state index contributed by atoms with van der Waals surface area (Å²) < 4.78 is 0. The zero-order valence-electron chi connectivity index (χ0n) is 59.1. The second-order valence-corrected chi connectivity index (χ2v) is 24.6. The summed E-state index contributed by atoms with van der Waals surface area (Å²) in [6.07, 6.45) is 4.84. The Bertz CT molecular complexity index is 2180. The molecule has 0 saturated carbocycles. The summed E-state index contributed by atoms with van der Waals surface area (Å²) in [7, 11) is 0. The first-order valence-corrected chi connectivity index (χ1v) is 35.8. The predicted molar refractivity (Wildman–Crippen MR) is 369 cm³/mol. The summed E-state index contributed by atoms with van der Waals surface area (Å²) in [5, 5.41) is 28.6. The van der Waals surface area contributed by atoms with Crippen LogP contribution in [0.15, 0.2) is 0 Å². The van der Waals surface area contributed by atoms with Crippen LogP contribution in [0.5, 0.6) is 0 Å². The molecule has 26 heteroatoms. The fourth-order valence-electron chi connectivity index (χ4n) is 10.8. The number of Topliss-reactive ketones (excluding diaryl/α,β-unsaturated/α-hetero) is 4. The van der Waals surface area contributed by atoms with Gasteiger partial charge in [-0.15, -0.1) is 0 Å². The van der Waals surface area contributed by atoms with Crippen molar-refractivity contribution < 1.29 is 57.5 Å². The van der Waals surface area contributed by atoms with Gasteiger partial charge in [-0.2, -0.15) is 0 Å². The van der Waals surface area contributed by atoms with Crippen LogP contribution in [-0.4, -0.2) is 211 Å². The number of nitrogens with one attached hydrogen (secondary N) is 10. The highest BCUT2D eigenvalue weighted by Crippen LogP contribution is 2.24. The van der Waals surface area contributed by atoms with Gasteiger partial charge >= 0.3 is 0 Å². The van der Waals surface area contributed by atoms with Crippen molar-refractivity contribution in [2.75, 3.05) is 124 Å². The number of carbonyl (C=O) groups is 12. The Hall–Kier alpha value is -5.80. The lowest BCUT2D eigenvalue weighted by atomic mass is 9.84. The van der Waals surface area contributed by atoms with Gasteiger partial charge < -0.3 is 74.4 Å². The van der Waals surface area contributed by atoms with E-state index in [1.165, 1.54) is 0 Å². The first kappa shape index (κ1) is 88.2. The number of unbranched alkanes of at least 4 members (excludes halogenated alkanes) is 7. The van der Waals surface area contributed by atoms with Crippen LogP contribution in [0, 0.1) is 29.6 Å². The summed E-state index contributed by atoms with van der Waals surface area (Å²) in [5.74, 6) is -12.9. The van der Waals surface area contributed by atoms with Crippen molar-refractivity contribution in [2.45, 2.75) is 209 Å². The zero-order valence-corrected chi connectivity index (χ0v) is 59.1. The van der Waals surface area contributed by atoms with Gasteiger partial charge in [0.05, 0.1) is 30.2 Å². The summed E-state index contributed by atoms with van der Waals surface area (Å²) in [4.78, 5) is 173. The lowest BCUT2D eigenvalue weighted by Crippen LogP contribution is -2.47. The molecule has 8 amide bonds. The molecule has 6 unspecified atom stereocenters. The Kier molecular flexibility index (Phi) is 53.9. The fraction of sp³-hybridized carbons (Fsp3) is 0.824. The minimum absolute atomic E-state index is 0.0759. The molecule has 0 heterocycles. The van der Waals surface area contributed by atoms with Crippen molar-refractivity contribution in [3.05, 3.63) is 0 Å². The molecular weight excluding hydrogens is 1200 g/mol. The lowest BCUT2D eigenvalue weighted by Gasteiger charge is -2.24. The molecule has 94 heavy (non-hydrogen) atoms. The van der Waals surface area contributed by atoms with E-state index in [9.17, 15) is 57.5 Å². The molecule has 542 valence electrons. The molecule has 0 aliphatic rings. The molecule has 0 spiro atoms. The van der Waals surface area contributed by atoms with Crippen LogP contribution in [0.1, 0.15) is 203 Å².